The van der Waals surface area contributed by atoms with Crippen LogP contribution in [0.3, 0.4) is 0 Å². The molecule has 0 amide bonds. The van der Waals surface area contributed by atoms with Crippen LogP contribution in [-0.4, -0.2) is 20.3 Å². The molecule has 1 aromatic carbocycles. The average molecular weight is 354 g/mol. The highest BCUT2D eigenvalue weighted by Gasteiger charge is 2.14. The van der Waals surface area contributed by atoms with Crippen molar-refractivity contribution in [1.29, 1.82) is 5.26 Å². The van der Waals surface area contributed by atoms with Gasteiger partial charge in [0.2, 0.25) is 0 Å². The maximum Gasteiger partial charge on any atom is 0.188 e. The van der Waals surface area contributed by atoms with E-state index in [1.165, 1.54) is 6.26 Å². The van der Waals surface area contributed by atoms with Gasteiger partial charge in [0, 0.05) is 34.3 Å². The molecule has 1 atom stereocenters. The average Bonchev–Trinajstić information content (AvgIpc) is 2.47. The van der Waals surface area contributed by atoms with Gasteiger partial charge in [0.05, 0.1) is 9.71 Å². The number of hydrogen-bond donors (Lipinski definition) is 1. The highest BCUT2D eigenvalue weighted by Crippen LogP contribution is 2.15. The van der Waals surface area contributed by atoms with Crippen molar-refractivity contribution in [3.8, 4) is 6.19 Å². The number of pyridine rings is 1. The minimum atomic E-state index is -2.71. The summed E-state index contributed by atoms with van der Waals surface area (Å²) in [6.45, 7) is 0. The Labute approximate surface area is 139 Å². The maximum atomic E-state index is 12.8. The van der Waals surface area contributed by atoms with Gasteiger partial charge >= 0.3 is 0 Å². The summed E-state index contributed by atoms with van der Waals surface area (Å²) in [7, 11) is -2.71. The van der Waals surface area contributed by atoms with Crippen molar-refractivity contribution in [2.75, 3.05) is 6.26 Å². The fraction of sp³-hybridized carbons (Fsp3) is 0.133. The van der Waals surface area contributed by atoms with Crippen LogP contribution in [0.4, 0.5) is 0 Å². The third kappa shape index (κ3) is 4.14. The fourth-order valence-electron chi connectivity index (χ4n) is 1.94. The first-order valence-electron chi connectivity index (χ1n) is 6.29. The first-order chi connectivity index (χ1) is 10.4. The molecule has 0 aliphatic rings. The number of rotatable bonds is 4. The monoisotopic (exact) mass is 353 g/mol. The van der Waals surface area contributed by atoms with E-state index in [4.69, 9.17) is 28.5 Å². The van der Waals surface area contributed by atoms with Crippen LogP contribution >= 0.6 is 23.2 Å². The van der Waals surface area contributed by atoms with Gasteiger partial charge in [0.25, 0.3) is 0 Å². The van der Waals surface area contributed by atoms with E-state index in [1.54, 1.807) is 36.7 Å². The smallest absolute Gasteiger partial charge is 0.188 e. The molecule has 1 aromatic heterocycles. The number of hydrogen-bond acceptors (Lipinski definition) is 3. The summed E-state index contributed by atoms with van der Waals surface area (Å²) in [5.74, 6) is 0. The lowest BCUT2D eigenvalue weighted by atomic mass is 10.1. The van der Waals surface area contributed by atoms with E-state index in [2.05, 4.69) is 9.71 Å². The minimum absolute atomic E-state index is 0.352. The van der Waals surface area contributed by atoms with Gasteiger partial charge < -0.3 is 0 Å². The van der Waals surface area contributed by atoms with Crippen molar-refractivity contribution in [2.45, 2.75) is 6.42 Å². The summed E-state index contributed by atoms with van der Waals surface area (Å²) in [6.07, 6.45) is 5.21. The minimum Gasteiger partial charge on any atom is -0.249 e. The molecule has 1 unspecified atom stereocenters. The second-order valence-electron chi connectivity index (χ2n) is 4.65. The van der Waals surface area contributed by atoms with E-state index in [1.807, 2.05) is 12.1 Å². The van der Waals surface area contributed by atoms with Crippen LogP contribution in [0.5, 0.6) is 0 Å². The molecular weight excluding hydrogens is 341 g/mol. The second-order valence-corrected chi connectivity index (χ2v) is 7.86. The lowest BCUT2D eigenvalue weighted by Gasteiger charge is -2.13. The summed E-state index contributed by atoms with van der Waals surface area (Å²) in [4.78, 5) is 4.60. The van der Waals surface area contributed by atoms with E-state index in [0.717, 1.165) is 5.56 Å². The summed E-state index contributed by atoms with van der Waals surface area (Å²) >= 11 is 11.7. The Hall–Kier alpha value is -1.74. The Morgan fingerprint density at radius 2 is 1.95 bits per heavy atom. The van der Waals surface area contributed by atoms with Gasteiger partial charge in [0.1, 0.15) is 5.15 Å². The summed E-state index contributed by atoms with van der Waals surface area (Å²) < 4.78 is 15.2. The van der Waals surface area contributed by atoms with Crippen molar-refractivity contribution >= 4 is 37.8 Å². The van der Waals surface area contributed by atoms with Crippen LogP contribution in [-0.2, 0) is 16.1 Å². The molecule has 0 spiro atoms. The summed E-state index contributed by atoms with van der Waals surface area (Å²) in [6, 6.07) is 10.6. The van der Waals surface area contributed by atoms with Crippen molar-refractivity contribution in [3.05, 3.63) is 63.9 Å². The van der Waals surface area contributed by atoms with Gasteiger partial charge in [-0.2, -0.15) is 5.26 Å². The Morgan fingerprint density at radius 1 is 1.27 bits per heavy atom. The SMILES string of the molecule is CS(=O)(NC#N)=C(Cc1ccc(Cl)cc1)c1ccc(Cl)nc1. The molecule has 2 aromatic rings. The molecular formula is C15H13Cl2N3OS. The molecule has 0 aliphatic carbocycles. The zero-order valence-corrected chi connectivity index (χ0v) is 14.0. The largest absolute Gasteiger partial charge is 0.249 e. The third-order valence-corrected chi connectivity index (χ3v) is 5.31. The molecule has 114 valence electrons. The van der Waals surface area contributed by atoms with Crippen LogP contribution < -0.4 is 4.72 Å². The molecule has 7 heteroatoms. The van der Waals surface area contributed by atoms with Crippen molar-refractivity contribution in [2.24, 2.45) is 0 Å². The number of nitrogens with zero attached hydrogens (tertiary/aromatic N) is 2. The molecule has 2 rings (SSSR count). The molecule has 0 bridgehead atoms. The van der Waals surface area contributed by atoms with Crippen LogP contribution in [0.15, 0.2) is 42.6 Å². The Bertz CT molecular complexity index is 817. The molecule has 1 heterocycles. The quantitative estimate of drug-likeness (QED) is 0.302. The first-order valence-corrected chi connectivity index (χ1v) is 9.02. The fourth-order valence-corrected chi connectivity index (χ4v) is 3.49. The third-order valence-electron chi connectivity index (χ3n) is 3.04. The van der Waals surface area contributed by atoms with Crippen LogP contribution in [0.1, 0.15) is 11.1 Å². The van der Waals surface area contributed by atoms with Gasteiger partial charge in [-0.25, -0.2) is 13.9 Å². The first kappa shape index (κ1) is 16.6. The molecule has 22 heavy (non-hydrogen) atoms. The van der Waals surface area contributed by atoms with Crippen LogP contribution in [0.2, 0.25) is 10.2 Å². The number of nitrogens with one attached hydrogen (secondary N) is 1. The predicted octanol–water partition coefficient (Wildman–Crippen LogP) is 3.05. The van der Waals surface area contributed by atoms with Gasteiger partial charge in [-0.3, -0.25) is 0 Å². The standard InChI is InChI=1S/C15H13Cl2N3OS/c1-22(21,20-10-18)14(12-4-7-15(17)19-9-12)8-11-2-5-13(16)6-3-11/h2-7,9H,8H2,1H3,(H,20,21). The predicted molar refractivity (Wildman–Crippen MR) is 91.3 cm³/mol. The van der Waals surface area contributed by atoms with Crippen molar-refractivity contribution in [1.82, 2.24) is 9.71 Å². The summed E-state index contributed by atoms with van der Waals surface area (Å²) in [5.41, 5.74) is 1.61. The molecule has 0 aliphatic heterocycles. The summed E-state index contributed by atoms with van der Waals surface area (Å²) in [5, 5.41) is 9.82. The van der Waals surface area contributed by atoms with Gasteiger partial charge in [-0.1, -0.05) is 35.3 Å². The van der Waals surface area contributed by atoms with E-state index >= 15 is 0 Å². The van der Waals surface area contributed by atoms with Crippen LogP contribution in [0.25, 0.3) is 0 Å². The van der Waals surface area contributed by atoms with E-state index in [-0.39, 0.29) is 0 Å². The lowest BCUT2D eigenvalue weighted by molar-refractivity contribution is 0.681. The molecule has 0 fully saturated rings. The van der Waals surface area contributed by atoms with Crippen LogP contribution in [0, 0.1) is 11.5 Å². The maximum absolute atomic E-state index is 12.8. The van der Waals surface area contributed by atoms with Gasteiger partial charge in [-0.05, 0) is 29.8 Å². The topological polar surface area (TPSA) is 65.8 Å². The molecule has 1 N–H and O–H groups in total. The number of benzene rings is 1. The second kappa shape index (κ2) is 7.01. The normalized spacial score (nSPS) is 13.0. The highest BCUT2D eigenvalue weighted by atomic mass is 35.5. The van der Waals surface area contributed by atoms with Crippen molar-refractivity contribution < 1.29 is 4.21 Å². The lowest BCUT2D eigenvalue weighted by Crippen LogP contribution is -2.27. The molecule has 0 radical (unpaired) electrons. The molecule has 0 saturated heterocycles. The van der Waals surface area contributed by atoms with Gasteiger partial charge in [0.15, 0.2) is 6.19 Å². The zero-order chi connectivity index (χ0) is 16.2. The van der Waals surface area contributed by atoms with E-state index in [0.29, 0.717) is 27.0 Å². The molecule has 4 nitrogen and oxygen atoms in total. The number of aromatic nitrogens is 1. The van der Waals surface area contributed by atoms with E-state index in [9.17, 15) is 4.21 Å². The van der Waals surface area contributed by atoms with E-state index < -0.39 is 9.71 Å². The highest BCUT2D eigenvalue weighted by molar-refractivity contribution is 8.00. The van der Waals surface area contributed by atoms with Crippen molar-refractivity contribution in [3.63, 3.8) is 0 Å². The van der Waals surface area contributed by atoms with Gasteiger partial charge in [-0.15, -0.1) is 0 Å². The Balaban J connectivity index is 2.52. The number of halogens is 2. The molecule has 0 saturated carbocycles. The Morgan fingerprint density at radius 3 is 2.50 bits per heavy atom. The number of nitriles is 1. The Kier molecular flexibility index (Phi) is 5.30. The zero-order valence-electron chi connectivity index (χ0n) is 11.7.